The number of thiophene rings is 1. The van der Waals surface area contributed by atoms with Crippen LogP contribution in [0.25, 0.3) is 10.6 Å². The molecule has 23 heavy (non-hydrogen) atoms. The molecule has 4 rings (SSSR count). The number of piperidine rings is 1. The molecule has 6 heteroatoms. The van der Waals surface area contributed by atoms with Gasteiger partial charge in [0.1, 0.15) is 6.33 Å². The third-order valence-corrected chi connectivity index (χ3v) is 5.30. The SMILES string of the molecule is c1csc(-c2[nH]ncc2CN2CCC[C@@H](c3ccncn3)C2)c1. The van der Waals surface area contributed by atoms with E-state index in [1.807, 2.05) is 18.5 Å². The van der Waals surface area contributed by atoms with Crippen LogP contribution < -0.4 is 0 Å². The van der Waals surface area contributed by atoms with Gasteiger partial charge in [-0.2, -0.15) is 5.10 Å². The van der Waals surface area contributed by atoms with Crippen molar-refractivity contribution in [1.82, 2.24) is 25.1 Å². The summed E-state index contributed by atoms with van der Waals surface area (Å²) in [5.74, 6) is 0.504. The van der Waals surface area contributed by atoms with Crippen molar-refractivity contribution < 1.29 is 0 Å². The minimum atomic E-state index is 0.504. The van der Waals surface area contributed by atoms with Crippen molar-refractivity contribution in [3.05, 3.63) is 53.6 Å². The molecule has 4 heterocycles. The van der Waals surface area contributed by atoms with Crippen molar-refractivity contribution in [2.75, 3.05) is 13.1 Å². The van der Waals surface area contributed by atoms with Crippen LogP contribution >= 0.6 is 11.3 Å². The molecule has 5 nitrogen and oxygen atoms in total. The van der Waals surface area contributed by atoms with Gasteiger partial charge in [-0.05, 0) is 36.9 Å². The third-order valence-electron chi connectivity index (χ3n) is 4.41. The molecule has 1 aliphatic heterocycles. The summed E-state index contributed by atoms with van der Waals surface area (Å²) in [6.45, 7) is 3.12. The van der Waals surface area contributed by atoms with E-state index in [0.717, 1.165) is 31.0 Å². The van der Waals surface area contributed by atoms with Gasteiger partial charge < -0.3 is 0 Å². The van der Waals surface area contributed by atoms with Crippen LogP contribution in [0.15, 0.2) is 42.3 Å². The van der Waals surface area contributed by atoms with E-state index in [1.165, 1.54) is 23.3 Å². The zero-order valence-electron chi connectivity index (χ0n) is 12.9. The molecule has 1 N–H and O–H groups in total. The van der Waals surface area contributed by atoms with Gasteiger partial charge in [-0.3, -0.25) is 10.00 Å². The third kappa shape index (κ3) is 3.18. The predicted molar refractivity (Wildman–Crippen MR) is 91.2 cm³/mol. The maximum absolute atomic E-state index is 4.44. The van der Waals surface area contributed by atoms with Gasteiger partial charge in [0.25, 0.3) is 0 Å². The molecule has 118 valence electrons. The second-order valence-electron chi connectivity index (χ2n) is 5.96. The lowest BCUT2D eigenvalue weighted by atomic mass is 9.94. The van der Waals surface area contributed by atoms with Gasteiger partial charge in [0, 0.05) is 36.5 Å². The Morgan fingerprint density at radius 3 is 3.17 bits per heavy atom. The van der Waals surface area contributed by atoms with E-state index in [2.05, 4.69) is 42.6 Å². The van der Waals surface area contributed by atoms with Gasteiger partial charge in [-0.15, -0.1) is 11.3 Å². The molecule has 1 atom stereocenters. The zero-order valence-corrected chi connectivity index (χ0v) is 13.7. The smallest absolute Gasteiger partial charge is 0.115 e. The lowest BCUT2D eigenvalue weighted by Crippen LogP contribution is -2.34. The van der Waals surface area contributed by atoms with E-state index in [9.17, 15) is 0 Å². The highest BCUT2D eigenvalue weighted by Gasteiger charge is 2.23. The number of aromatic amines is 1. The fourth-order valence-corrected chi connectivity index (χ4v) is 4.04. The van der Waals surface area contributed by atoms with E-state index in [1.54, 1.807) is 17.7 Å². The monoisotopic (exact) mass is 325 g/mol. The van der Waals surface area contributed by atoms with Crippen molar-refractivity contribution in [1.29, 1.82) is 0 Å². The maximum atomic E-state index is 4.44. The van der Waals surface area contributed by atoms with Crippen molar-refractivity contribution in [3.8, 4) is 10.6 Å². The predicted octanol–water partition coefficient (Wildman–Crippen LogP) is 3.31. The number of H-pyrrole nitrogens is 1. The summed E-state index contributed by atoms with van der Waals surface area (Å²) in [5.41, 5.74) is 3.59. The minimum absolute atomic E-state index is 0.504. The second-order valence-corrected chi connectivity index (χ2v) is 6.90. The molecule has 0 aliphatic carbocycles. The Kier molecular flexibility index (Phi) is 4.17. The Morgan fingerprint density at radius 2 is 2.35 bits per heavy atom. The first kappa shape index (κ1) is 14.5. The van der Waals surface area contributed by atoms with E-state index < -0.39 is 0 Å². The average molecular weight is 325 g/mol. The van der Waals surface area contributed by atoms with Crippen LogP contribution in [0, 0.1) is 0 Å². The van der Waals surface area contributed by atoms with Gasteiger partial charge >= 0.3 is 0 Å². The summed E-state index contributed by atoms with van der Waals surface area (Å²) in [7, 11) is 0. The van der Waals surface area contributed by atoms with Crippen molar-refractivity contribution in [2.24, 2.45) is 0 Å². The summed E-state index contributed by atoms with van der Waals surface area (Å²) in [4.78, 5) is 12.2. The van der Waals surface area contributed by atoms with Crippen LogP contribution in [0.5, 0.6) is 0 Å². The van der Waals surface area contributed by atoms with Crippen LogP contribution in [0.4, 0.5) is 0 Å². The first-order valence-electron chi connectivity index (χ1n) is 7.94. The van der Waals surface area contributed by atoms with Gasteiger partial charge in [-0.25, -0.2) is 9.97 Å². The molecule has 3 aromatic heterocycles. The Labute approximate surface area is 139 Å². The molecule has 0 saturated carbocycles. The van der Waals surface area contributed by atoms with Crippen LogP contribution in [-0.4, -0.2) is 38.2 Å². The molecule has 3 aromatic rings. The number of hydrogen-bond donors (Lipinski definition) is 1. The minimum Gasteiger partial charge on any atom is -0.298 e. The number of nitrogens with one attached hydrogen (secondary N) is 1. The first-order valence-corrected chi connectivity index (χ1v) is 8.82. The molecular weight excluding hydrogens is 306 g/mol. The molecule has 0 spiro atoms. The first-order chi connectivity index (χ1) is 11.4. The van der Waals surface area contributed by atoms with Gasteiger partial charge in [-0.1, -0.05) is 6.07 Å². The van der Waals surface area contributed by atoms with E-state index >= 15 is 0 Å². The molecule has 0 unspecified atom stereocenters. The largest absolute Gasteiger partial charge is 0.298 e. The van der Waals surface area contributed by atoms with Crippen LogP contribution in [-0.2, 0) is 6.54 Å². The fraction of sp³-hybridized carbons (Fsp3) is 0.353. The van der Waals surface area contributed by atoms with E-state index in [4.69, 9.17) is 0 Å². The lowest BCUT2D eigenvalue weighted by Gasteiger charge is -2.32. The summed E-state index contributed by atoms with van der Waals surface area (Å²) in [5, 5.41) is 9.51. The maximum Gasteiger partial charge on any atom is 0.115 e. The lowest BCUT2D eigenvalue weighted by molar-refractivity contribution is 0.198. The fourth-order valence-electron chi connectivity index (χ4n) is 3.29. The Morgan fingerprint density at radius 1 is 1.35 bits per heavy atom. The van der Waals surface area contributed by atoms with Crippen molar-refractivity contribution >= 4 is 11.3 Å². The average Bonchev–Trinajstić information content (AvgIpc) is 3.27. The van der Waals surface area contributed by atoms with E-state index in [-0.39, 0.29) is 0 Å². The number of hydrogen-bond acceptors (Lipinski definition) is 5. The van der Waals surface area contributed by atoms with Gasteiger partial charge in [0.05, 0.1) is 16.8 Å². The highest BCUT2D eigenvalue weighted by Crippen LogP contribution is 2.29. The van der Waals surface area contributed by atoms with Gasteiger partial charge in [0.15, 0.2) is 0 Å². The molecule has 1 fully saturated rings. The summed E-state index contributed by atoms with van der Waals surface area (Å²) < 4.78 is 0. The Hall–Kier alpha value is -2.05. The zero-order chi connectivity index (χ0) is 15.5. The van der Waals surface area contributed by atoms with Crippen molar-refractivity contribution in [3.63, 3.8) is 0 Å². The number of aromatic nitrogens is 4. The number of rotatable bonds is 4. The summed E-state index contributed by atoms with van der Waals surface area (Å²) in [6.07, 6.45) is 7.87. The number of likely N-dealkylation sites (tertiary alicyclic amines) is 1. The highest BCUT2D eigenvalue weighted by molar-refractivity contribution is 7.13. The highest BCUT2D eigenvalue weighted by atomic mass is 32.1. The van der Waals surface area contributed by atoms with Crippen LogP contribution in [0.2, 0.25) is 0 Å². The molecule has 0 amide bonds. The Balaban J connectivity index is 1.48. The van der Waals surface area contributed by atoms with E-state index in [0.29, 0.717) is 5.92 Å². The molecule has 0 aromatic carbocycles. The number of nitrogens with zero attached hydrogens (tertiary/aromatic N) is 4. The standard InChI is InChI=1S/C17H19N5S/c1-3-13(15-5-6-18-12-19-15)10-22(7-1)11-14-9-20-21-17(14)16-4-2-8-23-16/h2,4-6,8-9,12-13H,1,3,7,10-11H2,(H,20,21)/t13-/m1/s1. The van der Waals surface area contributed by atoms with Crippen LogP contribution in [0.1, 0.15) is 30.0 Å². The quantitative estimate of drug-likeness (QED) is 0.799. The second kappa shape index (κ2) is 6.60. The molecule has 1 saturated heterocycles. The normalized spacial score (nSPS) is 19.0. The Bertz CT molecular complexity index is 737. The molecule has 0 radical (unpaired) electrons. The summed E-state index contributed by atoms with van der Waals surface area (Å²) >= 11 is 1.75. The van der Waals surface area contributed by atoms with Gasteiger partial charge in [0.2, 0.25) is 0 Å². The summed E-state index contributed by atoms with van der Waals surface area (Å²) in [6, 6.07) is 6.27. The molecule has 0 bridgehead atoms. The molecule has 1 aliphatic rings. The van der Waals surface area contributed by atoms with Crippen LogP contribution in [0.3, 0.4) is 0 Å². The molecular formula is C17H19N5S. The van der Waals surface area contributed by atoms with Crippen molar-refractivity contribution in [2.45, 2.75) is 25.3 Å². The topological polar surface area (TPSA) is 57.7 Å².